The molecule has 2 N–H and O–H groups in total. The molecular weight excluding hydrogens is 281 g/mol. The van der Waals surface area contributed by atoms with Crippen LogP contribution in [0.4, 0.5) is 4.39 Å². The van der Waals surface area contributed by atoms with E-state index in [2.05, 4.69) is 25.9 Å². The lowest BCUT2D eigenvalue weighted by molar-refractivity contribution is -0.121. The number of carbonyl (C=O) groups excluding carboxylic acids is 1. The van der Waals surface area contributed by atoms with Crippen molar-refractivity contribution in [1.29, 1.82) is 0 Å². The van der Waals surface area contributed by atoms with E-state index in [0.29, 0.717) is 22.9 Å². The standard InChI is InChI=1S/C12H14FN5OS/c1-8(12-15-17-18-16-12)14-11(19)6-7-20-10-5-3-2-4-9(10)13/h2-5,8H,6-7H2,1H3,(H,14,19)(H,15,16,17,18). The maximum absolute atomic E-state index is 13.4. The van der Waals surface area contributed by atoms with Crippen LogP contribution in [0.3, 0.4) is 0 Å². The fourth-order valence-electron chi connectivity index (χ4n) is 1.55. The Kier molecular flexibility index (Phi) is 5.05. The van der Waals surface area contributed by atoms with E-state index in [-0.39, 0.29) is 17.8 Å². The van der Waals surface area contributed by atoms with Gasteiger partial charge in [0, 0.05) is 17.1 Å². The van der Waals surface area contributed by atoms with E-state index in [1.54, 1.807) is 25.1 Å². The minimum Gasteiger partial charge on any atom is -0.346 e. The Hall–Kier alpha value is -1.96. The quantitative estimate of drug-likeness (QED) is 0.792. The Morgan fingerprint density at radius 3 is 3.00 bits per heavy atom. The fourth-order valence-corrected chi connectivity index (χ4v) is 2.43. The molecule has 2 rings (SSSR count). The van der Waals surface area contributed by atoms with E-state index in [9.17, 15) is 9.18 Å². The Morgan fingerprint density at radius 2 is 2.30 bits per heavy atom. The summed E-state index contributed by atoms with van der Waals surface area (Å²) in [5, 5.41) is 16.1. The largest absolute Gasteiger partial charge is 0.346 e. The van der Waals surface area contributed by atoms with Crippen molar-refractivity contribution in [3.63, 3.8) is 0 Å². The normalized spacial score (nSPS) is 12.1. The average Bonchev–Trinajstić information content (AvgIpc) is 2.95. The maximum Gasteiger partial charge on any atom is 0.221 e. The first kappa shape index (κ1) is 14.4. The number of hydrogen-bond acceptors (Lipinski definition) is 5. The second-order valence-electron chi connectivity index (χ2n) is 4.09. The van der Waals surface area contributed by atoms with Gasteiger partial charge in [0.2, 0.25) is 5.91 Å². The number of hydrogen-bond donors (Lipinski definition) is 2. The summed E-state index contributed by atoms with van der Waals surface area (Å²) in [6.07, 6.45) is 0.293. The summed E-state index contributed by atoms with van der Waals surface area (Å²) < 4.78 is 13.4. The van der Waals surface area contributed by atoms with E-state index in [1.165, 1.54) is 17.8 Å². The first-order chi connectivity index (χ1) is 9.66. The number of nitrogens with zero attached hydrogens (tertiary/aromatic N) is 3. The third-order valence-corrected chi connectivity index (χ3v) is 3.60. The van der Waals surface area contributed by atoms with Crippen LogP contribution in [0.2, 0.25) is 0 Å². The summed E-state index contributed by atoms with van der Waals surface area (Å²) >= 11 is 1.31. The molecule has 1 aromatic carbocycles. The monoisotopic (exact) mass is 295 g/mol. The number of benzene rings is 1. The van der Waals surface area contributed by atoms with Crippen LogP contribution in [0.25, 0.3) is 0 Å². The molecule has 0 aliphatic rings. The highest BCUT2D eigenvalue weighted by Crippen LogP contribution is 2.21. The average molecular weight is 295 g/mol. The lowest BCUT2D eigenvalue weighted by Crippen LogP contribution is -2.27. The van der Waals surface area contributed by atoms with Crippen LogP contribution < -0.4 is 5.32 Å². The first-order valence-electron chi connectivity index (χ1n) is 6.07. The van der Waals surface area contributed by atoms with Gasteiger partial charge in [-0.3, -0.25) is 4.79 Å². The zero-order valence-electron chi connectivity index (χ0n) is 10.8. The Bertz CT molecular complexity index is 563. The molecule has 6 nitrogen and oxygen atoms in total. The molecule has 0 saturated heterocycles. The number of rotatable bonds is 6. The van der Waals surface area contributed by atoms with Gasteiger partial charge in [-0.25, -0.2) is 4.39 Å². The summed E-state index contributed by atoms with van der Waals surface area (Å²) in [5.74, 6) is 0.537. The van der Waals surface area contributed by atoms with Crippen molar-refractivity contribution >= 4 is 17.7 Å². The molecule has 0 aliphatic heterocycles. The van der Waals surface area contributed by atoms with Crippen molar-refractivity contribution in [1.82, 2.24) is 25.9 Å². The van der Waals surface area contributed by atoms with Crippen LogP contribution in [-0.4, -0.2) is 32.3 Å². The van der Waals surface area contributed by atoms with E-state index in [0.717, 1.165) is 0 Å². The smallest absolute Gasteiger partial charge is 0.221 e. The highest BCUT2D eigenvalue weighted by Gasteiger charge is 2.13. The minimum atomic E-state index is -0.306. The Balaban J connectivity index is 1.74. The number of halogens is 1. The van der Waals surface area contributed by atoms with Gasteiger partial charge in [-0.2, -0.15) is 5.21 Å². The SMILES string of the molecule is CC(NC(=O)CCSc1ccccc1F)c1nn[nH]n1. The molecule has 20 heavy (non-hydrogen) atoms. The second kappa shape index (κ2) is 6.99. The number of amides is 1. The van der Waals surface area contributed by atoms with Crippen molar-refractivity contribution in [3.8, 4) is 0 Å². The van der Waals surface area contributed by atoms with Crippen LogP contribution in [0.5, 0.6) is 0 Å². The second-order valence-corrected chi connectivity index (χ2v) is 5.22. The lowest BCUT2D eigenvalue weighted by atomic mass is 10.3. The van der Waals surface area contributed by atoms with Gasteiger partial charge in [0.15, 0.2) is 5.82 Å². The van der Waals surface area contributed by atoms with Gasteiger partial charge in [-0.05, 0) is 19.1 Å². The van der Waals surface area contributed by atoms with Gasteiger partial charge in [-0.15, -0.1) is 22.0 Å². The molecule has 106 valence electrons. The van der Waals surface area contributed by atoms with Gasteiger partial charge < -0.3 is 5.32 Å². The number of tetrazole rings is 1. The molecule has 0 bridgehead atoms. The van der Waals surface area contributed by atoms with Crippen LogP contribution in [0.15, 0.2) is 29.2 Å². The van der Waals surface area contributed by atoms with Crippen molar-refractivity contribution in [2.75, 3.05) is 5.75 Å². The maximum atomic E-state index is 13.4. The fraction of sp³-hybridized carbons (Fsp3) is 0.333. The number of nitrogens with one attached hydrogen (secondary N) is 2. The molecule has 1 unspecified atom stereocenters. The number of thioether (sulfide) groups is 1. The molecule has 0 saturated carbocycles. The Labute approximate surface area is 119 Å². The van der Waals surface area contributed by atoms with Gasteiger partial charge in [0.05, 0.1) is 6.04 Å². The molecule has 1 amide bonds. The number of aromatic amines is 1. The zero-order valence-corrected chi connectivity index (χ0v) is 11.7. The molecule has 0 fully saturated rings. The minimum absolute atomic E-state index is 0.133. The molecular formula is C12H14FN5OS. The van der Waals surface area contributed by atoms with Crippen molar-refractivity contribution in [2.24, 2.45) is 0 Å². The number of carbonyl (C=O) groups is 1. The predicted molar refractivity (Wildman–Crippen MR) is 72.5 cm³/mol. The number of aromatic nitrogens is 4. The van der Waals surface area contributed by atoms with Crippen LogP contribution in [0, 0.1) is 5.82 Å². The summed E-state index contributed by atoms with van der Waals surface area (Å²) in [4.78, 5) is 12.3. The van der Waals surface area contributed by atoms with Crippen molar-refractivity contribution in [3.05, 3.63) is 35.9 Å². The van der Waals surface area contributed by atoms with Crippen LogP contribution >= 0.6 is 11.8 Å². The van der Waals surface area contributed by atoms with E-state index in [1.807, 2.05) is 0 Å². The topological polar surface area (TPSA) is 83.6 Å². The van der Waals surface area contributed by atoms with Gasteiger partial charge >= 0.3 is 0 Å². The van der Waals surface area contributed by atoms with Gasteiger partial charge in [0.1, 0.15) is 5.82 Å². The zero-order chi connectivity index (χ0) is 14.4. The molecule has 2 aromatic rings. The molecule has 0 aliphatic carbocycles. The summed E-state index contributed by atoms with van der Waals surface area (Å²) in [5.41, 5.74) is 0. The summed E-state index contributed by atoms with van der Waals surface area (Å²) in [7, 11) is 0. The van der Waals surface area contributed by atoms with E-state index >= 15 is 0 Å². The van der Waals surface area contributed by atoms with Gasteiger partial charge in [-0.1, -0.05) is 17.3 Å². The summed E-state index contributed by atoms with van der Waals surface area (Å²) in [6, 6.07) is 6.20. The molecule has 1 heterocycles. The van der Waals surface area contributed by atoms with Crippen molar-refractivity contribution < 1.29 is 9.18 Å². The third kappa shape index (κ3) is 4.02. The molecule has 0 radical (unpaired) electrons. The van der Waals surface area contributed by atoms with E-state index < -0.39 is 0 Å². The summed E-state index contributed by atoms with van der Waals surface area (Å²) in [6.45, 7) is 1.77. The van der Waals surface area contributed by atoms with Crippen LogP contribution in [-0.2, 0) is 4.79 Å². The van der Waals surface area contributed by atoms with E-state index in [4.69, 9.17) is 0 Å². The lowest BCUT2D eigenvalue weighted by Gasteiger charge is -2.09. The number of H-pyrrole nitrogens is 1. The first-order valence-corrected chi connectivity index (χ1v) is 7.05. The third-order valence-electron chi connectivity index (χ3n) is 2.55. The molecule has 1 atom stereocenters. The molecule has 0 spiro atoms. The van der Waals surface area contributed by atoms with Gasteiger partial charge in [0.25, 0.3) is 0 Å². The highest BCUT2D eigenvalue weighted by atomic mass is 32.2. The molecule has 1 aromatic heterocycles. The molecule has 8 heteroatoms. The Morgan fingerprint density at radius 1 is 1.50 bits per heavy atom. The highest BCUT2D eigenvalue weighted by molar-refractivity contribution is 7.99. The predicted octanol–water partition coefficient (Wildman–Crippen LogP) is 1.70. The van der Waals surface area contributed by atoms with Crippen molar-refractivity contribution in [2.45, 2.75) is 24.3 Å². The van der Waals surface area contributed by atoms with Crippen LogP contribution in [0.1, 0.15) is 25.2 Å².